The first kappa shape index (κ1) is 17.6. The molecule has 28 heavy (non-hydrogen) atoms. The molecule has 0 aliphatic carbocycles. The molecule has 0 bridgehead atoms. The zero-order chi connectivity index (χ0) is 18.8. The van der Waals surface area contributed by atoms with Crippen LogP contribution in [0.3, 0.4) is 0 Å². The SMILES string of the molecule is c1cc(-c2ccc3nsnc3c2)cs1.c1cc(-c2ccc3nsnc3c2)cs1. The fraction of sp³-hybridized carbons (Fsp3) is 0. The van der Waals surface area contributed by atoms with Crippen LogP contribution < -0.4 is 0 Å². The molecule has 0 fully saturated rings. The minimum atomic E-state index is 0.981. The highest BCUT2D eigenvalue weighted by Crippen LogP contribution is 2.26. The summed E-state index contributed by atoms with van der Waals surface area (Å²) in [7, 11) is 0. The number of aromatic nitrogens is 4. The molecule has 0 spiro atoms. The van der Waals surface area contributed by atoms with Crippen molar-refractivity contribution in [3.8, 4) is 22.3 Å². The number of nitrogens with zero attached hydrogens (tertiary/aromatic N) is 4. The van der Waals surface area contributed by atoms with Crippen molar-refractivity contribution in [2.75, 3.05) is 0 Å². The average molecular weight is 437 g/mol. The van der Waals surface area contributed by atoms with Gasteiger partial charge in [-0.2, -0.15) is 40.2 Å². The van der Waals surface area contributed by atoms with E-state index in [0.29, 0.717) is 0 Å². The molecular formula is C20H12N4S4. The molecule has 4 nitrogen and oxygen atoms in total. The number of fused-ring (bicyclic) bond motifs is 2. The second kappa shape index (κ2) is 7.84. The van der Waals surface area contributed by atoms with Crippen molar-refractivity contribution in [1.29, 1.82) is 0 Å². The van der Waals surface area contributed by atoms with Crippen molar-refractivity contribution in [2.45, 2.75) is 0 Å². The number of benzene rings is 2. The fourth-order valence-electron chi connectivity index (χ4n) is 2.78. The molecule has 2 aromatic carbocycles. The number of rotatable bonds is 2. The van der Waals surface area contributed by atoms with Gasteiger partial charge < -0.3 is 0 Å². The average Bonchev–Trinajstić information content (AvgIpc) is 3.54. The number of hydrogen-bond donors (Lipinski definition) is 0. The van der Waals surface area contributed by atoms with Crippen LogP contribution in [0.1, 0.15) is 0 Å². The minimum Gasteiger partial charge on any atom is -0.173 e. The van der Waals surface area contributed by atoms with E-state index in [4.69, 9.17) is 0 Å². The van der Waals surface area contributed by atoms with E-state index in [0.717, 1.165) is 22.1 Å². The van der Waals surface area contributed by atoms with Crippen molar-refractivity contribution in [1.82, 2.24) is 17.5 Å². The monoisotopic (exact) mass is 436 g/mol. The van der Waals surface area contributed by atoms with Crippen LogP contribution in [0.25, 0.3) is 44.3 Å². The summed E-state index contributed by atoms with van der Waals surface area (Å²) in [5.74, 6) is 0. The van der Waals surface area contributed by atoms with E-state index in [-0.39, 0.29) is 0 Å². The van der Waals surface area contributed by atoms with Gasteiger partial charge in [0.05, 0.1) is 23.5 Å². The first-order chi connectivity index (χ1) is 13.9. The van der Waals surface area contributed by atoms with Gasteiger partial charge in [-0.3, -0.25) is 0 Å². The van der Waals surface area contributed by atoms with Gasteiger partial charge in [0.1, 0.15) is 22.1 Å². The van der Waals surface area contributed by atoms with E-state index in [1.807, 2.05) is 12.1 Å². The van der Waals surface area contributed by atoms with E-state index in [1.165, 1.54) is 45.7 Å². The van der Waals surface area contributed by atoms with E-state index >= 15 is 0 Å². The van der Waals surface area contributed by atoms with Crippen LogP contribution >= 0.6 is 46.1 Å². The Bertz CT molecular complexity index is 1210. The first-order valence-electron chi connectivity index (χ1n) is 8.36. The molecule has 4 heterocycles. The Balaban J connectivity index is 0.000000122. The third kappa shape index (κ3) is 3.59. The van der Waals surface area contributed by atoms with Crippen LogP contribution in [0.15, 0.2) is 70.1 Å². The summed E-state index contributed by atoms with van der Waals surface area (Å²) in [6.45, 7) is 0. The Labute approximate surface area is 177 Å². The Morgan fingerprint density at radius 3 is 1.36 bits per heavy atom. The smallest absolute Gasteiger partial charge is 0.105 e. The largest absolute Gasteiger partial charge is 0.173 e. The zero-order valence-electron chi connectivity index (χ0n) is 14.4. The fourth-order valence-corrected chi connectivity index (χ4v) is 5.15. The van der Waals surface area contributed by atoms with Gasteiger partial charge in [0.25, 0.3) is 0 Å². The molecule has 6 aromatic rings. The molecule has 8 heteroatoms. The molecule has 0 amide bonds. The lowest BCUT2D eigenvalue weighted by Crippen LogP contribution is -1.74. The van der Waals surface area contributed by atoms with Gasteiger partial charge in [-0.25, -0.2) is 0 Å². The van der Waals surface area contributed by atoms with E-state index < -0.39 is 0 Å². The third-order valence-corrected chi connectivity index (χ3v) is 6.70. The minimum absolute atomic E-state index is 0.981. The van der Waals surface area contributed by atoms with E-state index in [1.54, 1.807) is 22.7 Å². The van der Waals surface area contributed by atoms with Crippen molar-refractivity contribution < 1.29 is 0 Å². The normalized spacial score (nSPS) is 10.9. The highest BCUT2D eigenvalue weighted by molar-refractivity contribution is 7.08. The molecule has 0 aliphatic heterocycles. The summed E-state index contributed by atoms with van der Waals surface area (Å²) in [6, 6.07) is 16.6. The van der Waals surface area contributed by atoms with E-state index in [9.17, 15) is 0 Å². The van der Waals surface area contributed by atoms with Crippen molar-refractivity contribution in [3.05, 3.63) is 70.1 Å². The maximum atomic E-state index is 4.22. The molecule has 0 unspecified atom stereocenters. The molecule has 136 valence electrons. The van der Waals surface area contributed by atoms with Crippen LogP contribution in [-0.4, -0.2) is 17.5 Å². The zero-order valence-corrected chi connectivity index (χ0v) is 17.6. The molecule has 0 radical (unpaired) electrons. The highest BCUT2D eigenvalue weighted by atomic mass is 32.1. The van der Waals surface area contributed by atoms with Gasteiger partial charge in [0.15, 0.2) is 0 Å². The van der Waals surface area contributed by atoms with Gasteiger partial charge in [-0.1, -0.05) is 12.1 Å². The second-order valence-corrected chi connectivity index (χ2v) is 8.58. The number of thiophene rings is 2. The lowest BCUT2D eigenvalue weighted by molar-refractivity contribution is 1.63. The lowest BCUT2D eigenvalue weighted by Gasteiger charge is -1.95. The van der Waals surface area contributed by atoms with Crippen LogP contribution in [0.5, 0.6) is 0 Å². The highest BCUT2D eigenvalue weighted by Gasteiger charge is 2.03. The summed E-state index contributed by atoms with van der Waals surface area (Å²) in [5.41, 5.74) is 8.87. The molecule has 4 aromatic heterocycles. The van der Waals surface area contributed by atoms with Crippen molar-refractivity contribution in [2.24, 2.45) is 0 Å². The first-order valence-corrected chi connectivity index (χ1v) is 11.7. The van der Waals surface area contributed by atoms with Crippen molar-refractivity contribution >= 4 is 68.2 Å². The summed E-state index contributed by atoms with van der Waals surface area (Å²) in [6.07, 6.45) is 0. The molecule has 0 atom stereocenters. The standard InChI is InChI=1S/2C10H6N2S2/c2*1-2-9-10(12-14-11-9)5-7(1)8-3-4-13-6-8/h2*1-6H. The molecule has 6 rings (SSSR count). The summed E-state index contributed by atoms with van der Waals surface area (Å²) in [5, 5.41) is 8.44. The van der Waals surface area contributed by atoms with Crippen LogP contribution in [0.4, 0.5) is 0 Å². The molecule has 0 saturated heterocycles. The predicted octanol–water partition coefficient (Wildman–Crippen LogP) is 6.84. The molecule has 0 N–H and O–H groups in total. The molecule has 0 aliphatic rings. The summed E-state index contributed by atoms with van der Waals surface area (Å²) >= 11 is 5.94. The molecule has 0 saturated carbocycles. The summed E-state index contributed by atoms with van der Waals surface area (Å²) in [4.78, 5) is 0. The van der Waals surface area contributed by atoms with Crippen LogP contribution in [0.2, 0.25) is 0 Å². The Hall–Kier alpha value is -2.52. The summed E-state index contributed by atoms with van der Waals surface area (Å²) < 4.78 is 16.8. The van der Waals surface area contributed by atoms with E-state index in [2.05, 4.69) is 75.4 Å². The Morgan fingerprint density at radius 1 is 0.464 bits per heavy atom. The maximum absolute atomic E-state index is 4.22. The third-order valence-electron chi connectivity index (χ3n) is 4.22. The van der Waals surface area contributed by atoms with Gasteiger partial charge in [-0.15, -0.1) is 0 Å². The van der Waals surface area contributed by atoms with Crippen LogP contribution in [-0.2, 0) is 0 Å². The Kier molecular flexibility index (Phi) is 4.92. The quantitative estimate of drug-likeness (QED) is 0.298. The second-order valence-electron chi connectivity index (χ2n) is 5.96. The van der Waals surface area contributed by atoms with Gasteiger partial charge >= 0.3 is 0 Å². The number of hydrogen-bond acceptors (Lipinski definition) is 8. The lowest BCUT2D eigenvalue weighted by atomic mass is 10.1. The topological polar surface area (TPSA) is 51.6 Å². The van der Waals surface area contributed by atoms with Gasteiger partial charge in [0, 0.05) is 0 Å². The molecular weight excluding hydrogens is 425 g/mol. The Morgan fingerprint density at radius 2 is 0.929 bits per heavy atom. The van der Waals surface area contributed by atoms with Gasteiger partial charge in [0.2, 0.25) is 0 Å². The predicted molar refractivity (Wildman–Crippen MR) is 121 cm³/mol. The maximum Gasteiger partial charge on any atom is 0.105 e. The van der Waals surface area contributed by atoms with Crippen molar-refractivity contribution in [3.63, 3.8) is 0 Å². The van der Waals surface area contributed by atoms with Gasteiger partial charge in [-0.05, 0) is 80.2 Å². The van der Waals surface area contributed by atoms with Crippen LogP contribution in [0, 0.1) is 0 Å².